The minimum Gasteiger partial charge on any atom is -0.486 e. The molecule has 1 aliphatic heterocycles. The maximum absolute atomic E-state index is 12.9. The number of fused-ring (bicyclic) bond motifs is 1. The van der Waals surface area contributed by atoms with Crippen molar-refractivity contribution in [2.45, 2.75) is 18.9 Å². The minimum atomic E-state index is -0.213. The Bertz CT molecular complexity index is 613. The highest BCUT2D eigenvalue weighted by molar-refractivity contribution is 5.44. The summed E-state index contributed by atoms with van der Waals surface area (Å²) in [6, 6.07) is 12.3. The number of hydrogen-bond acceptors (Lipinski definition) is 3. The van der Waals surface area contributed by atoms with Crippen LogP contribution in [0.2, 0.25) is 0 Å². The Kier molecular flexibility index (Phi) is 4.06. The average Bonchev–Trinajstić information content (AvgIpc) is 2.53. The third kappa shape index (κ3) is 3.34. The fraction of sp³-hybridized carbons (Fsp3) is 0.294. The lowest BCUT2D eigenvalue weighted by Gasteiger charge is -2.20. The van der Waals surface area contributed by atoms with Crippen molar-refractivity contribution in [3.05, 3.63) is 59.4 Å². The van der Waals surface area contributed by atoms with Crippen molar-refractivity contribution in [2.75, 3.05) is 13.2 Å². The van der Waals surface area contributed by atoms with E-state index in [-0.39, 0.29) is 11.9 Å². The molecule has 1 atom stereocenters. The van der Waals surface area contributed by atoms with E-state index in [4.69, 9.17) is 15.2 Å². The summed E-state index contributed by atoms with van der Waals surface area (Å²) in [5, 5.41) is 0. The zero-order valence-corrected chi connectivity index (χ0v) is 11.7. The van der Waals surface area contributed by atoms with Crippen molar-refractivity contribution in [1.82, 2.24) is 0 Å². The molecule has 0 radical (unpaired) electrons. The van der Waals surface area contributed by atoms with Crippen LogP contribution in [0.5, 0.6) is 11.5 Å². The fourth-order valence-electron chi connectivity index (χ4n) is 2.43. The van der Waals surface area contributed by atoms with Gasteiger partial charge in [-0.3, -0.25) is 0 Å². The Morgan fingerprint density at radius 1 is 1.00 bits per heavy atom. The van der Waals surface area contributed by atoms with Crippen LogP contribution in [-0.2, 0) is 6.42 Å². The molecular weight excluding hydrogens is 269 g/mol. The lowest BCUT2D eigenvalue weighted by Crippen LogP contribution is -2.17. The molecule has 2 N–H and O–H groups in total. The van der Waals surface area contributed by atoms with Gasteiger partial charge in [0.2, 0.25) is 0 Å². The van der Waals surface area contributed by atoms with E-state index in [0.717, 1.165) is 35.5 Å². The molecule has 0 aromatic heterocycles. The summed E-state index contributed by atoms with van der Waals surface area (Å²) in [6.07, 6.45) is 1.61. The van der Waals surface area contributed by atoms with Gasteiger partial charge in [-0.25, -0.2) is 4.39 Å². The van der Waals surface area contributed by atoms with Crippen molar-refractivity contribution in [1.29, 1.82) is 0 Å². The van der Waals surface area contributed by atoms with E-state index in [1.54, 1.807) is 12.1 Å². The molecule has 0 unspecified atom stereocenters. The first-order chi connectivity index (χ1) is 10.2. The summed E-state index contributed by atoms with van der Waals surface area (Å²) in [4.78, 5) is 0. The normalized spacial score (nSPS) is 14.8. The van der Waals surface area contributed by atoms with Crippen LogP contribution in [-0.4, -0.2) is 13.2 Å². The van der Waals surface area contributed by atoms with Gasteiger partial charge in [0.1, 0.15) is 19.0 Å². The van der Waals surface area contributed by atoms with Gasteiger partial charge in [-0.15, -0.1) is 0 Å². The Labute approximate surface area is 123 Å². The number of ether oxygens (including phenoxy) is 2. The van der Waals surface area contributed by atoms with Crippen molar-refractivity contribution in [3.8, 4) is 11.5 Å². The third-order valence-corrected chi connectivity index (χ3v) is 3.65. The van der Waals surface area contributed by atoms with Gasteiger partial charge in [0.05, 0.1) is 0 Å². The highest BCUT2D eigenvalue weighted by Crippen LogP contribution is 2.33. The predicted molar refractivity (Wildman–Crippen MR) is 79.1 cm³/mol. The zero-order chi connectivity index (χ0) is 14.7. The van der Waals surface area contributed by atoms with E-state index < -0.39 is 0 Å². The number of hydrogen-bond donors (Lipinski definition) is 1. The second-order valence-corrected chi connectivity index (χ2v) is 5.17. The SMILES string of the molecule is N[C@H](CCc1ccc(F)cc1)c1ccc2c(c1)OCCO2. The molecule has 0 bridgehead atoms. The van der Waals surface area contributed by atoms with Crippen LogP contribution >= 0.6 is 0 Å². The Hall–Kier alpha value is -2.07. The summed E-state index contributed by atoms with van der Waals surface area (Å²) < 4.78 is 23.9. The topological polar surface area (TPSA) is 44.5 Å². The standard InChI is InChI=1S/C17H18FNO2/c18-14-5-1-12(2-6-14)3-7-15(19)13-4-8-16-17(11-13)21-10-9-20-16/h1-2,4-6,8,11,15H,3,7,9-10,19H2/t15-/m1/s1. The summed E-state index contributed by atoms with van der Waals surface area (Å²) in [5.41, 5.74) is 8.35. The van der Waals surface area contributed by atoms with Crippen molar-refractivity contribution in [3.63, 3.8) is 0 Å². The van der Waals surface area contributed by atoms with Crippen LogP contribution in [0.25, 0.3) is 0 Å². The van der Waals surface area contributed by atoms with E-state index in [9.17, 15) is 4.39 Å². The van der Waals surface area contributed by atoms with Gasteiger partial charge in [0, 0.05) is 6.04 Å². The molecule has 0 spiro atoms. The molecule has 0 amide bonds. The maximum atomic E-state index is 12.9. The molecule has 0 aliphatic carbocycles. The number of rotatable bonds is 4. The molecular formula is C17H18FNO2. The van der Waals surface area contributed by atoms with Crippen molar-refractivity contribution < 1.29 is 13.9 Å². The molecule has 21 heavy (non-hydrogen) atoms. The maximum Gasteiger partial charge on any atom is 0.161 e. The van der Waals surface area contributed by atoms with E-state index in [0.29, 0.717) is 13.2 Å². The molecule has 3 nitrogen and oxygen atoms in total. The van der Waals surface area contributed by atoms with E-state index in [1.807, 2.05) is 18.2 Å². The van der Waals surface area contributed by atoms with Crippen LogP contribution in [0.15, 0.2) is 42.5 Å². The number of aryl methyl sites for hydroxylation is 1. The predicted octanol–water partition coefficient (Wildman–Crippen LogP) is 3.23. The molecule has 0 saturated heterocycles. The van der Waals surface area contributed by atoms with Gasteiger partial charge >= 0.3 is 0 Å². The van der Waals surface area contributed by atoms with Gasteiger partial charge in [-0.2, -0.15) is 0 Å². The fourth-order valence-corrected chi connectivity index (χ4v) is 2.43. The summed E-state index contributed by atoms with van der Waals surface area (Å²) in [6.45, 7) is 1.16. The van der Waals surface area contributed by atoms with Crippen LogP contribution in [0.1, 0.15) is 23.6 Å². The number of halogens is 1. The van der Waals surface area contributed by atoms with E-state index in [2.05, 4.69) is 0 Å². The largest absolute Gasteiger partial charge is 0.486 e. The Balaban J connectivity index is 1.65. The molecule has 2 aromatic rings. The van der Waals surface area contributed by atoms with Crippen LogP contribution in [0.4, 0.5) is 4.39 Å². The second kappa shape index (κ2) is 6.14. The molecule has 0 fully saturated rings. The van der Waals surface area contributed by atoms with Gasteiger partial charge in [-0.05, 0) is 48.2 Å². The van der Waals surface area contributed by atoms with E-state index in [1.165, 1.54) is 12.1 Å². The number of benzene rings is 2. The van der Waals surface area contributed by atoms with Crippen LogP contribution < -0.4 is 15.2 Å². The summed E-state index contributed by atoms with van der Waals surface area (Å²) >= 11 is 0. The molecule has 2 aromatic carbocycles. The van der Waals surface area contributed by atoms with Crippen LogP contribution in [0, 0.1) is 5.82 Å². The summed E-state index contributed by atoms with van der Waals surface area (Å²) in [7, 11) is 0. The molecule has 1 heterocycles. The minimum absolute atomic E-state index is 0.0779. The molecule has 3 rings (SSSR count). The molecule has 110 valence electrons. The molecule has 0 saturated carbocycles. The highest BCUT2D eigenvalue weighted by Gasteiger charge is 2.14. The second-order valence-electron chi connectivity index (χ2n) is 5.17. The first-order valence-electron chi connectivity index (χ1n) is 7.12. The molecule has 4 heteroatoms. The van der Waals surface area contributed by atoms with Gasteiger partial charge in [0.25, 0.3) is 0 Å². The first kappa shape index (κ1) is 13.9. The smallest absolute Gasteiger partial charge is 0.161 e. The monoisotopic (exact) mass is 287 g/mol. The number of nitrogens with two attached hydrogens (primary N) is 1. The zero-order valence-electron chi connectivity index (χ0n) is 11.7. The van der Waals surface area contributed by atoms with E-state index >= 15 is 0 Å². The van der Waals surface area contributed by atoms with Gasteiger partial charge < -0.3 is 15.2 Å². The lowest BCUT2D eigenvalue weighted by atomic mass is 9.99. The average molecular weight is 287 g/mol. The van der Waals surface area contributed by atoms with Crippen molar-refractivity contribution >= 4 is 0 Å². The first-order valence-corrected chi connectivity index (χ1v) is 7.12. The van der Waals surface area contributed by atoms with Gasteiger partial charge in [-0.1, -0.05) is 18.2 Å². The quantitative estimate of drug-likeness (QED) is 0.939. The Morgan fingerprint density at radius 3 is 2.48 bits per heavy atom. The van der Waals surface area contributed by atoms with Crippen molar-refractivity contribution in [2.24, 2.45) is 5.73 Å². The third-order valence-electron chi connectivity index (χ3n) is 3.65. The lowest BCUT2D eigenvalue weighted by molar-refractivity contribution is 0.171. The van der Waals surface area contributed by atoms with Crippen LogP contribution in [0.3, 0.4) is 0 Å². The Morgan fingerprint density at radius 2 is 1.71 bits per heavy atom. The summed E-state index contributed by atoms with van der Waals surface area (Å²) in [5.74, 6) is 1.32. The highest BCUT2D eigenvalue weighted by atomic mass is 19.1. The van der Waals surface area contributed by atoms with Gasteiger partial charge in [0.15, 0.2) is 11.5 Å². The molecule has 1 aliphatic rings.